The smallest absolute Gasteiger partial charge is 0.234 e. The number of thioether (sulfide) groups is 1. The van der Waals surface area contributed by atoms with Crippen LogP contribution in [0.2, 0.25) is 5.02 Å². The third-order valence-electron chi connectivity index (χ3n) is 4.09. The molecular formula is C20H16ClN3OS. The number of nitriles is 1. The number of aromatic nitrogens is 1. The number of anilines is 1. The average Bonchev–Trinajstić information content (AvgIpc) is 2.64. The molecule has 1 heterocycles. The summed E-state index contributed by atoms with van der Waals surface area (Å²) in [6, 6.07) is 15.0. The van der Waals surface area contributed by atoms with E-state index in [2.05, 4.69) is 16.4 Å². The van der Waals surface area contributed by atoms with Crippen molar-refractivity contribution in [3.63, 3.8) is 0 Å². The molecule has 2 aromatic carbocycles. The number of benzene rings is 2. The summed E-state index contributed by atoms with van der Waals surface area (Å²) < 4.78 is 0. The number of para-hydroxylation sites is 1. The number of carbonyl (C=O) groups is 1. The number of rotatable bonds is 4. The highest BCUT2D eigenvalue weighted by Gasteiger charge is 2.13. The van der Waals surface area contributed by atoms with Gasteiger partial charge >= 0.3 is 0 Å². The van der Waals surface area contributed by atoms with E-state index in [0.29, 0.717) is 21.3 Å². The first-order valence-corrected chi connectivity index (χ1v) is 9.34. The minimum atomic E-state index is -0.199. The van der Waals surface area contributed by atoms with Gasteiger partial charge in [-0.1, -0.05) is 47.6 Å². The lowest BCUT2D eigenvalue weighted by Crippen LogP contribution is -2.14. The first-order valence-electron chi connectivity index (χ1n) is 7.98. The fraction of sp³-hybridized carbons (Fsp3) is 0.150. The number of nitrogens with zero attached hydrogens (tertiary/aromatic N) is 2. The summed E-state index contributed by atoms with van der Waals surface area (Å²) in [4.78, 5) is 16.9. The zero-order valence-electron chi connectivity index (χ0n) is 14.3. The second kappa shape index (κ2) is 7.77. The van der Waals surface area contributed by atoms with Crippen LogP contribution in [0.1, 0.15) is 16.7 Å². The molecule has 0 bridgehead atoms. The van der Waals surface area contributed by atoms with Crippen LogP contribution in [-0.2, 0) is 4.79 Å². The molecule has 3 aromatic rings. The molecule has 130 valence electrons. The van der Waals surface area contributed by atoms with E-state index >= 15 is 0 Å². The van der Waals surface area contributed by atoms with Crippen molar-refractivity contribution < 1.29 is 4.79 Å². The maximum absolute atomic E-state index is 12.2. The highest BCUT2D eigenvalue weighted by molar-refractivity contribution is 8.00. The normalized spacial score (nSPS) is 10.5. The SMILES string of the molecule is Cc1ccc2cc(C#N)c(SCC(=O)Nc3ccccc3Cl)nc2c1C. The van der Waals surface area contributed by atoms with Crippen molar-refractivity contribution in [1.29, 1.82) is 5.26 Å². The monoisotopic (exact) mass is 381 g/mol. The van der Waals surface area contributed by atoms with Gasteiger partial charge in [0.2, 0.25) is 5.91 Å². The van der Waals surface area contributed by atoms with Crippen LogP contribution in [0, 0.1) is 25.2 Å². The van der Waals surface area contributed by atoms with Gasteiger partial charge in [0, 0.05) is 5.39 Å². The fourth-order valence-electron chi connectivity index (χ4n) is 2.54. The van der Waals surface area contributed by atoms with Crippen LogP contribution >= 0.6 is 23.4 Å². The lowest BCUT2D eigenvalue weighted by molar-refractivity contribution is -0.113. The maximum atomic E-state index is 12.2. The van der Waals surface area contributed by atoms with Gasteiger partial charge in [-0.05, 0) is 43.2 Å². The van der Waals surface area contributed by atoms with Crippen molar-refractivity contribution in [2.45, 2.75) is 18.9 Å². The van der Waals surface area contributed by atoms with E-state index in [4.69, 9.17) is 11.6 Å². The number of nitrogens with one attached hydrogen (secondary N) is 1. The van der Waals surface area contributed by atoms with Crippen LogP contribution in [0.5, 0.6) is 0 Å². The number of fused-ring (bicyclic) bond motifs is 1. The van der Waals surface area contributed by atoms with E-state index in [1.54, 1.807) is 24.3 Å². The Morgan fingerprint density at radius 2 is 2.04 bits per heavy atom. The predicted molar refractivity (Wildman–Crippen MR) is 107 cm³/mol. The van der Waals surface area contributed by atoms with Crippen LogP contribution in [0.25, 0.3) is 10.9 Å². The molecular weight excluding hydrogens is 366 g/mol. The summed E-state index contributed by atoms with van der Waals surface area (Å²) in [5, 5.41) is 14.2. The molecule has 3 rings (SSSR count). The van der Waals surface area contributed by atoms with Crippen LogP contribution in [0.4, 0.5) is 5.69 Å². The highest BCUT2D eigenvalue weighted by atomic mass is 35.5. The van der Waals surface area contributed by atoms with Gasteiger partial charge in [-0.25, -0.2) is 4.98 Å². The molecule has 0 radical (unpaired) electrons. The van der Waals surface area contributed by atoms with E-state index < -0.39 is 0 Å². The van der Waals surface area contributed by atoms with E-state index in [9.17, 15) is 10.1 Å². The third-order valence-corrected chi connectivity index (χ3v) is 5.41. The number of amides is 1. The lowest BCUT2D eigenvalue weighted by Gasteiger charge is -2.10. The van der Waals surface area contributed by atoms with Gasteiger partial charge < -0.3 is 5.32 Å². The number of carbonyl (C=O) groups excluding carboxylic acids is 1. The molecule has 6 heteroatoms. The molecule has 1 N–H and O–H groups in total. The molecule has 1 aromatic heterocycles. The fourth-order valence-corrected chi connectivity index (χ4v) is 3.48. The summed E-state index contributed by atoms with van der Waals surface area (Å²) in [6.45, 7) is 4.04. The summed E-state index contributed by atoms with van der Waals surface area (Å²) in [5.74, 6) is -0.0571. The zero-order chi connectivity index (χ0) is 18.7. The van der Waals surface area contributed by atoms with Crippen molar-refractivity contribution in [3.8, 4) is 6.07 Å². The number of hydrogen-bond acceptors (Lipinski definition) is 4. The number of halogens is 1. The third kappa shape index (κ3) is 3.82. The Hall–Kier alpha value is -2.55. The average molecular weight is 382 g/mol. The molecule has 0 fully saturated rings. The van der Waals surface area contributed by atoms with Gasteiger partial charge in [-0.2, -0.15) is 5.26 Å². The quantitative estimate of drug-likeness (QED) is 0.638. The van der Waals surface area contributed by atoms with Gasteiger partial charge in [0.25, 0.3) is 0 Å². The molecule has 0 aliphatic heterocycles. The van der Waals surface area contributed by atoms with E-state index in [0.717, 1.165) is 22.0 Å². The molecule has 0 saturated heterocycles. The van der Waals surface area contributed by atoms with Crippen molar-refractivity contribution in [2.75, 3.05) is 11.1 Å². The van der Waals surface area contributed by atoms with Crippen LogP contribution in [0.15, 0.2) is 47.5 Å². The number of aryl methyl sites for hydroxylation is 2. The maximum Gasteiger partial charge on any atom is 0.234 e. The van der Waals surface area contributed by atoms with Crippen LogP contribution < -0.4 is 5.32 Å². The van der Waals surface area contributed by atoms with E-state index in [1.807, 2.05) is 32.0 Å². The summed E-state index contributed by atoms with van der Waals surface area (Å²) >= 11 is 7.30. The molecule has 0 aliphatic rings. The Kier molecular flexibility index (Phi) is 5.46. The second-order valence-electron chi connectivity index (χ2n) is 5.85. The Morgan fingerprint density at radius 1 is 1.27 bits per heavy atom. The first-order chi connectivity index (χ1) is 12.5. The molecule has 0 saturated carbocycles. The topological polar surface area (TPSA) is 65.8 Å². The summed E-state index contributed by atoms with van der Waals surface area (Å²) in [7, 11) is 0. The minimum absolute atomic E-state index is 0.142. The van der Waals surface area contributed by atoms with Gasteiger partial charge in [-0.15, -0.1) is 0 Å². The largest absolute Gasteiger partial charge is 0.324 e. The Balaban J connectivity index is 1.82. The summed E-state index contributed by atoms with van der Waals surface area (Å²) in [5.41, 5.74) is 4.11. The van der Waals surface area contributed by atoms with E-state index in [1.165, 1.54) is 11.8 Å². The summed E-state index contributed by atoms with van der Waals surface area (Å²) in [6.07, 6.45) is 0. The van der Waals surface area contributed by atoms with E-state index in [-0.39, 0.29) is 11.7 Å². The van der Waals surface area contributed by atoms with Crippen molar-refractivity contribution >= 4 is 45.9 Å². The predicted octanol–water partition coefficient (Wildman–Crippen LogP) is 5.11. The first kappa shape index (κ1) is 18.2. The van der Waals surface area contributed by atoms with Crippen LogP contribution in [-0.4, -0.2) is 16.6 Å². The molecule has 0 aliphatic carbocycles. The highest BCUT2D eigenvalue weighted by Crippen LogP contribution is 2.28. The van der Waals surface area contributed by atoms with Gasteiger partial charge in [0.1, 0.15) is 11.1 Å². The zero-order valence-corrected chi connectivity index (χ0v) is 15.9. The van der Waals surface area contributed by atoms with Gasteiger partial charge in [0.15, 0.2) is 0 Å². The minimum Gasteiger partial charge on any atom is -0.324 e. The van der Waals surface area contributed by atoms with Gasteiger partial charge in [-0.3, -0.25) is 4.79 Å². The number of pyridine rings is 1. The van der Waals surface area contributed by atoms with Crippen molar-refractivity contribution in [3.05, 3.63) is 64.2 Å². The van der Waals surface area contributed by atoms with Gasteiger partial charge in [0.05, 0.1) is 27.5 Å². The number of hydrogen-bond donors (Lipinski definition) is 1. The molecule has 1 amide bonds. The molecule has 0 unspecified atom stereocenters. The van der Waals surface area contributed by atoms with Crippen LogP contribution in [0.3, 0.4) is 0 Å². The van der Waals surface area contributed by atoms with Crippen molar-refractivity contribution in [2.24, 2.45) is 0 Å². The Morgan fingerprint density at radius 3 is 2.77 bits per heavy atom. The molecule has 0 atom stereocenters. The molecule has 26 heavy (non-hydrogen) atoms. The molecule has 0 spiro atoms. The Labute approximate surface area is 161 Å². The second-order valence-corrected chi connectivity index (χ2v) is 7.22. The van der Waals surface area contributed by atoms with Crippen molar-refractivity contribution in [1.82, 2.24) is 4.98 Å². The Bertz CT molecular complexity index is 1040. The molecule has 4 nitrogen and oxygen atoms in total. The standard InChI is InChI=1S/C20H16ClN3OS/c1-12-7-8-14-9-15(10-22)20(24-19(14)13(12)2)26-11-18(25)23-17-6-4-3-5-16(17)21/h3-9H,11H2,1-2H3,(H,23,25). The lowest BCUT2D eigenvalue weighted by atomic mass is 10.0.